The molecule has 0 aliphatic rings. The van der Waals surface area contributed by atoms with Gasteiger partial charge in [0.2, 0.25) is 0 Å². The number of rotatable bonds is 3. The molecule has 0 aliphatic carbocycles. The third-order valence-corrected chi connectivity index (χ3v) is 5.36. The van der Waals surface area contributed by atoms with Crippen molar-refractivity contribution in [2.45, 2.75) is 11.8 Å². The normalized spacial score (nSPS) is 11.0. The van der Waals surface area contributed by atoms with Crippen LogP contribution in [0.3, 0.4) is 0 Å². The van der Waals surface area contributed by atoms with Crippen LogP contribution in [-0.2, 0) is 0 Å². The van der Waals surface area contributed by atoms with Gasteiger partial charge in [0.15, 0.2) is 0 Å². The van der Waals surface area contributed by atoms with Crippen molar-refractivity contribution in [3.63, 3.8) is 0 Å². The molecule has 3 rings (SSSR count). The van der Waals surface area contributed by atoms with Crippen LogP contribution in [0.5, 0.6) is 0 Å². The van der Waals surface area contributed by atoms with Gasteiger partial charge in [0, 0.05) is 15.8 Å². The maximum absolute atomic E-state index is 11.5. The van der Waals surface area contributed by atoms with E-state index < -0.39 is 5.91 Å². The van der Waals surface area contributed by atoms with Crippen molar-refractivity contribution in [2.24, 2.45) is 5.73 Å². The van der Waals surface area contributed by atoms with Crippen molar-refractivity contribution in [2.75, 3.05) is 12.0 Å². The number of hydrogen-bond acceptors (Lipinski definition) is 5. The van der Waals surface area contributed by atoms with Gasteiger partial charge in [-0.25, -0.2) is 4.98 Å². The molecule has 4 nitrogen and oxygen atoms in total. The lowest BCUT2D eigenvalue weighted by atomic mass is 10.1. The number of benzene rings is 1. The maximum atomic E-state index is 11.5. The molecule has 0 spiro atoms. The fraction of sp³-hybridized carbons (Fsp3) is 0.125. The molecule has 0 bridgehead atoms. The van der Waals surface area contributed by atoms with E-state index in [1.165, 1.54) is 16.2 Å². The molecular formula is C16H15N3OS2. The summed E-state index contributed by atoms with van der Waals surface area (Å²) in [6, 6.07) is 10.2. The Morgan fingerprint density at radius 3 is 2.55 bits per heavy atom. The Morgan fingerprint density at radius 2 is 1.95 bits per heavy atom. The monoisotopic (exact) mass is 329 g/mol. The first kappa shape index (κ1) is 14.9. The molecule has 0 radical (unpaired) electrons. The molecule has 0 atom stereocenters. The number of aromatic nitrogens is 1. The molecule has 1 amide bonds. The minimum atomic E-state index is -0.509. The molecule has 0 aliphatic heterocycles. The Bertz CT molecular complexity index is 869. The second-order valence-electron chi connectivity index (χ2n) is 4.94. The van der Waals surface area contributed by atoms with Crippen LogP contribution in [0.2, 0.25) is 0 Å². The number of hydrogen-bond donors (Lipinski definition) is 2. The zero-order chi connectivity index (χ0) is 15.9. The van der Waals surface area contributed by atoms with Crippen molar-refractivity contribution in [1.82, 2.24) is 4.98 Å². The number of pyridine rings is 1. The van der Waals surface area contributed by atoms with Crippen LogP contribution in [0.25, 0.3) is 21.5 Å². The third-order valence-electron chi connectivity index (χ3n) is 3.51. The van der Waals surface area contributed by atoms with Crippen LogP contribution >= 0.6 is 23.1 Å². The van der Waals surface area contributed by atoms with E-state index in [0.717, 1.165) is 27.0 Å². The Labute approximate surface area is 136 Å². The van der Waals surface area contributed by atoms with E-state index in [1.54, 1.807) is 11.8 Å². The predicted octanol–water partition coefficient (Wildman–Crippen LogP) is 3.67. The van der Waals surface area contributed by atoms with Crippen LogP contribution in [0.15, 0.2) is 35.2 Å². The lowest BCUT2D eigenvalue weighted by Gasteiger charge is -2.05. The molecule has 1 aromatic carbocycles. The van der Waals surface area contributed by atoms with E-state index in [-0.39, 0.29) is 0 Å². The Kier molecular flexibility index (Phi) is 3.80. The summed E-state index contributed by atoms with van der Waals surface area (Å²) in [6.45, 7) is 1.97. The quantitative estimate of drug-likeness (QED) is 0.718. The van der Waals surface area contributed by atoms with Crippen molar-refractivity contribution < 1.29 is 4.79 Å². The number of nitrogens with zero attached hydrogens (tertiary/aromatic N) is 1. The zero-order valence-corrected chi connectivity index (χ0v) is 13.8. The average molecular weight is 329 g/mol. The van der Waals surface area contributed by atoms with Crippen LogP contribution in [0.1, 0.15) is 15.2 Å². The van der Waals surface area contributed by atoms with Gasteiger partial charge >= 0.3 is 0 Å². The Hall–Kier alpha value is -2.05. The summed E-state index contributed by atoms with van der Waals surface area (Å²) in [5.41, 5.74) is 14.7. The van der Waals surface area contributed by atoms with Gasteiger partial charge in [-0.1, -0.05) is 12.1 Å². The zero-order valence-electron chi connectivity index (χ0n) is 12.2. The molecule has 2 heterocycles. The van der Waals surface area contributed by atoms with Gasteiger partial charge < -0.3 is 11.5 Å². The highest BCUT2D eigenvalue weighted by Gasteiger charge is 2.17. The van der Waals surface area contributed by atoms with Crippen LogP contribution in [-0.4, -0.2) is 17.1 Å². The SMILES string of the molecule is CSc1ccc(-c2cc(C)c3c(N)c(C(N)=O)sc3n2)cc1. The molecule has 22 heavy (non-hydrogen) atoms. The second kappa shape index (κ2) is 5.62. The number of carbonyl (C=O) groups is 1. The number of nitrogen functional groups attached to an aromatic ring is 1. The number of nitrogens with two attached hydrogens (primary N) is 2. The summed E-state index contributed by atoms with van der Waals surface area (Å²) in [5.74, 6) is -0.509. The number of amides is 1. The molecule has 0 fully saturated rings. The first-order chi connectivity index (χ1) is 10.5. The molecule has 0 unspecified atom stereocenters. The highest BCUT2D eigenvalue weighted by molar-refractivity contribution is 7.98. The Balaban J connectivity index is 2.17. The summed E-state index contributed by atoms with van der Waals surface area (Å²) in [7, 11) is 0. The van der Waals surface area contributed by atoms with Gasteiger partial charge in [0.25, 0.3) is 5.91 Å². The molecule has 6 heteroatoms. The summed E-state index contributed by atoms with van der Waals surface area (Å²) in [6.07, 6.45) is 2.04. The van der Waals surface area contributed by atoms with Gasteiger partial charge in [-0.15, -0.1) is 23.1 Å². The lowest BCUT2D eigenvalue weighted by molar-refractivity contribution is 0.100. The van der Waals surface area contributed by atoms with Gasteiger partial charge in [-0.3, -0.25) is 4.79 Å². The summed E-state index contributed by atoms with van der Waals surface area (Å²) in [5, 5.41) is 0.822. The number of carbonyl (C=O) groups excluding carboxylic acids is 1. The summed E-state index contributed by atoms with van der Waals surface area (Å²) >= 11 is 2.95. The first-order valence-corrected chi connectivity index (χ1v) is 8.69. The maximum Gasteiger partial charge on any atom is 0.260 e. The van der Waals surface area contributed by atoms with E-state index in [4.69, 9.17) is 11.5 Å². The van der Waals surface area contributed by atoms with E-state index in [1.807, 2.05) is 31.4 Å². The number of fused-ring (bicyclic) bond motifs is 1. The van der Waals surface area contributed by atoms with Crippen LogP contribution < -0.4 is 11.5 Å². The molecule has 0 saturated carbocycles. The Morgan fingerprint density at radius 1 is 1.27 bits per heavy atom. The van der Waals surface area contributed by atoms with Crippen molar-refractivity contribution in [3.05, 3.63) is 40.8 Å². The van der Waals surface area contributed by atoms with E-state index >= 15 is 0 Å². The minimum absolute atomic E-state index is 0.375. The van der Waals surface area contributed by atoms with Crippen molar-refractivity contribution in [3.8, 4) is 11.3 Å². The lowest BCUT2D eigenvalue weighted by Crippen LogP contribution is -2.10. The van der Waals surface area contributed by atoms with Gasteiger partial charge in [-0.05, 0) is 36.9 Å². The number of thioether (sulfide) groups is 1. The molecular weight excluding hydrogens is 314 g/mol. The van der Waals surface area contributed by atoms with E-state index in [9.17, 15) is 4.79 Å². The number of aryl methyl sites for hydroxylation is 1. The van der Waals surface area contributed by atoms with Crippen molar-refractivity contribution >= 4 is 44.9 Å². The number of thiophene rings is 1. The van der Waals surface area contributed by atoms with E-state index in [0.29, 0.717) is 10.6 Å². The molecule has 112 valence electrons. The fourth-order valence-corrected chi connectivity index (χ4v) is 3.83. The first-order valence-electron chi connectivity index (χ1n) is 6.65. The minimum Gasteiger partial charge on any atom is -0.397 e. The van der Waals surface area contributed by atoms with Gasteiger partial charge in [-0.2, -0.15) is 0 Å². The van der Waals surface area contributed by atoms with Gasteiger partial charge in [0.1, 0.15) is 9.71 Å². The van der Waals surface area contributed by atoms with Crippen LogP contribution in [0, 0.1) is 6.92 Å². The largest absolute Gasteiger partial charge is 0.397 e. The fourth-order valence-electron chi connectivity index (χ4n) is 2.40. The standard InChI is InChI=1S/C16H15N3OS2/c1-8-7-11(9-3-5-10(21-2)6-4-9)19-16-12(8)13(17)14(22-16)15(18)20/h3-7H,17H2,1-2H3,(H2,18,20). The number of anilines is 1. The smallest absolute Gasteiger partial charge is 0.260 e. The molecule has 3 aromatic rings. The highest BCUT2D eigenvalue weighted by Crippen LogP contribution is 2.36. The molecule has 2 aromatic heterocycles. The summed E-state index contributed by atoms with van der Waals surface area (Å²) in [4.78, 5) is 18.4. The van der Waals surface area contributed by atoms with E-state index in [2.05, 4.69) is 17.1 Å². The molecule has 4 N–H and O–H groups in total. The van der Waals surface area contributed by atoms with Gasteiger partial charge in [0.05, 0.1) is 11.4 Å². The highest BCUT2D eigenvalue weighted by atomic mass is 32.2. The number of primary amides is 1. The molecule has 0 saturated heterocycles. The van der Waals surface area contributed by atoms with Crippen LogP contribution in [0.4, 0.5) is 5.69 Å². The third kappa shape index (κ3) is 2.44. The summed E-state index contributed by atoms with van der Waals surface area (Å²) < 4.78 is 0. The average Bonchev–Trinajstić information content (AvgIpc) is 2.85. The predicted molar refractivity (Wildman–Crippen MR) is 94.5 cm³/mol. The topological polar surface area (TPSA) is 82.0 Å². The van der Waals surface area contributed by atoms with Crippen molar-refractivity contribution in [1.29, 1.82) is 0 Å². The second-order valence-corrected chi connectivity index (χ2v) is 6.82.